The van der Waals surface area contributed by atoms with Crippen LogP contribution < -0.4 is 16.9 Å². The molecule has 1 aliphatic rings. The number of aromatic nitrogens is 6. The zero-order valence-corrected chi connectivity index (χ0v) is 26.8. The van der Waals surface area contributed by atoms with Crippen molar-refractivity contribution in [2.24, 2.45) is 0 Å². The van der Waals surface area contributed by atoms with Gasteiger partial charge in [0.25, 0.3) is 0 Å². The molecular weight excluding hydrogens is 609 g/mol. The fourth-order valence-electron chi connectivity index (χ4n) is 3.96. The molecule has 2 aromatic heterocycles. The Kier molecular flexibility index (Phi) is 10.5. The summed E-state index contributed by atoms with van der Waals surface area (Å²) in [6.45, 7) is 16.7. The molecule has 2 aromatic carbocycles. The molecule has 1 aliphatic heterocycles. The van der Waals surface area contributed by atoms with Gasteiger partial charge in [-0.15, -0.1) is 5.10 Å². The van der Waals surface area contributed by atoms with Crippen molar-refractivity contribution in [3.05, 3.63) is 64.0 Å². The average Bonchev–Trinajstić information content (AvgIpc) is 3.62. The van der Waals surface area contributed by atoms with Crippen LogP contribution in [0.1, 0.15) is 52.7 Å². The zero-order valence-electron chi connectivity index (χ0n) is 25.2. The van der Waals surface area contributed by atoms with E-state index >= 15 is 0 Å². The second kappa shape index (κ2) is 13.3. The Morgan fingerprint density at radius 1 is 0.810 bits per heavy atom. The first-order chi connectivity index (χ1) is 19.6. The quantitative estimate of drug-likeness (QED) is 0.232. The summed E-state index contributed by atoms with van der Waals surface area (Å²) in [5.41, 5.74) is 14.4. The van der Waals surface area contributed by atoms with Crippen LogP contribution in [-0.2, 0) is 22.4 Å². The minimum Gasteiger partial charge on any atom is -0.399 e. The summed E-state index contributed by atoms with van der Waals surface area (Å²) in [6.07, 6.45) is 3.22. The molecule has 1 saturated heterocycles. The fourth-order valence-corrected chi connectivity index (χ4v) is 4.24. The van der Waals surface area contributed by atoms with Crippen LogP contribution in [0.25, 0.3) is 11.3 Å². The van der Waals surface area contributed by atoms with Gasteiger partial charge in [0.1, 0.15) is 21.9 Å². The van der Waals surface area contributed by atoms with Crippen LogP contribution in [0.15, 0.2) is 41.3 Å². The van der Waals surface area contributed by atoms with Crippen molar-refractivity contribution in [2.75, 3.05) is 11.5 Å². The van der Waals surface area contributed by atoms with Crippen molar-refractivity contribution in [1.82, 2.24) is 30.0 Å². The van der Waals surface area contributed by atoms with Crippen LogP contribution in [0, 0.1) is 25.5 Å². The van der Waals surface area contributed by atoms with E-state index in [-0.39, 0.29) is 11.6 Å². The Balaban J connectivity index is 0.000000185. The number of halogens is 3. The first-order valence-electron chi connectivity index (χ1n) is 13.5. The van der Waals surface area contributed by atoms with Gasteiger partial charge in [0, 0.05) is 22.4 Å². The molecule has 0 bridgehead atoms. The lowest BCUT2D eigenvalue weighted by Gasteiger charge is -2.32. The number of nitrogens with two attached hydrogens (primary N) is 2. The third-order valence-corrected chi connectivity index (χ3v) is 7.68. The maximum Gasteiger partial charge on any atom is 0.498 e. The van der Waals surface area contributed by atoms with Crippen molar-refractivity contribution in [3.63, 3.8) is 0 Å². The number of hydrogen-bond donors (Lipinski definition) is 2. The van der Waals surface area contributed by atoms with Crippen LogP contribution in [0.5, 0.6) is 0 Å². The van der Waals surface area contributed by atoms with Gasteiger partial charge in [0.15, 0.2) is 0 Å². The lowest BCUT2D eigenvalue weighted by atomic mass is 9.75. The van der Waals surface area contributed by atoms with Gasteiger partial charge in [-0.25, -0.2) is 8.78 Å². The molecule has 226 valence electrons. The Hall–Kier alpha value is -3.36. The molecule has 0 saturated carbocycles. The summed E-state index contributed by atoms with van der Waals surface area (Å²) in [4.78, 5) is 3.13. The van der Waals surface area contributed by atoms with E-state index < -0.39 is 18.3 Å². The van der Waals surface area contributed by atoms with Gasteiger partial charge in [-0.2, -0.15) is 24.9 Å². The Morgan fingerprint density at radius 3 is 1.79 bits per heavy atom. The second-order valence-corrected chi connectivity index (χ2v) is 11.5. The minimum absolute atomic E-state index is 0.324. The Labute approximate surface area is 254 Å². The molecule has 0 radical (unpaired) electrons. The summed E-state index contributed by atoms with van der Waals surface area (Å²) < 4.78 is 40.2. The van der Waals surface area contributed by atoms with E-state index in [1.54, 1.807) is 43.2 Å². The predicted molar refractivity (Wildman–Crippen MR) is 165 cm³/mol. The normalized spacial score (nSPS) is 15.1. The first-order valence-corrected chi connectivity index (χ1v) is 14.3. The van der Waals surface area contributed by atoms with E-state index in [1.807, 2.05) is 41.5 Å². The molecule has 0 amide bonds. The standard InChI is InChI=1S/C13H19BFNO2.C11H13FN4.C4H6BrN3/c1-8-10(16)7-6-9(15)11(8)14-17-12(2,3)13(4,5)18-14;1-3-16-14-6-10(15-16)11-7(2)9(13)5-4-8(11)12;1-2-8-6-3-4(5)7-8/h6-7H,16H2,1-5H3;4-6H,3,13H2,1-2H3;3H,2H2,1H3. The Morgan fingerprint density at radius 2 is 1.31 bits per heavy atom. The van der Waals surface area contributed by atoms with E-state index in [0.717, 1.165) is 11.1 Å². The third-order valence-electron chi connectivity index (χ3n) is 7.32. The number of rotatable bonds is 4. The number of hydrogen-bond acceptors (Lipinski definition) is 8. The average molecular weight is 647 g/mol. The number of nitrogens with zero attached hydrogens (tertiary/aromatic N) is 6. The topological polar surface area (TPSA) is 132 Å². The van der Waals surface area contributed by atoms with E-state index in [0.29, 0.717) is 45.8 Å². The molecule has 0 spiro atoms. The molecular formula is C28H38BBrF2N8O2. The van der Waals surface area contributed by atoms with Crippen LogP contribution in [0.3, 0.4) is 0 Å². The van der Waals surface area contributed by atoms with Gasteiger partial charge in [-0.05, 0) is 107 Å². The summed E-state index contributed by atoms with van der Waals surface area (Å²) in [7, 11) is -0.710. The van der Waals surface area contributed by atoms with Gasteiger partial charge < -0.3 is 20.8 Å². The lowest BCUT2D eigenvalue weighted by molar-refractivity contribution is 0.00578. The summed E-state index contributed by atoms with van der Waals surface area (Å²) in [6, 6.07) is 5.81. The molecule has 0 aliphatic carbocycles. The maximum atomic E-state index is 14.0. The molecule has 3 heterocycles. The van der Waals surface area contributed by atoms with E-state index in [4.69, 9.17) is 20.8 Å². The highest BCUT2D eigenvalue weighted by atomic mass is 79.9. The summed E-state index contributed by atoms with van der Waals surface area (Å²) in [5, 5.41) is 16.0. The molecule has 42 heavy (non-hydrogen) atoms. The first kappa shape index (κ1) is 33.2. The number of nitrogen functional groups attached to an aromatic ring is 2. The Bertz CT molecular complexity index is 1510. The molecule has 4 N–H and O–H groups in total. The lowest BCUT2D eigenvalue weighted by Crippen LogP contribution is -2.41. The maximum absolute atomic E-state index is 14.0. The molecule has 1 fully saturated rings. The van der Waals surface area contributed by atoms with Gasteiger partial charge in [-0.3, -0.25) is 0 Å². The van der Waals surface area contributed by atoms with Crippen molar-refractivity contribution in [1.29, 1.82) is 0 Å². The SMILES string of the molecule is CCn1ncc(-c2c(F)ccc(N)c2C)n1.CCn1ncc(Br)n1.Cc1c(N)ccc(F)c1B1OC(C)(C)C(C)(C)O1. The molecule has 14 heteroatoms. The number of aryl methyl sites for hydroxylation is 2. The number of anilines is 2. The van der Waals surface area contributed by atoms with Crippen molar-refractivity contribution in [3.8, 4) is 11.3 Å². The molecule has 5 rings (SSSR count). The van der Waals surface area contributed by atoms with Gasteiger partial charge in [0.05, 0.1) is 36.7 Å². The van der Waals surface area contributed by atoms with E-state index in [1.165, 1.54) is 16.9 Å². The van der Waals surface area contributed by atoms with Crippen molar-refractivity contribution < 1.29 is 18.1 Å². The number of benzene rings is 2. The van der Waals surface area contributed by atoms with E-state index in [2.05, 4.69) is 36.3 Å². The van der Waals surface area contributed by atoms with Crippen LogP contribution in [0.4, 0.5) is 20.2 Å². The largest absolute Gasteiger partial charge is 0.498 e. The summed E-state index contributed by atoms with van der Waals surface area (Å²) in [5.74, 6) is -0.671. The highest BCUT2D eigenvalue weighted by molar-refractivity contribution is 9.10. The monoisotopic (exact) mass is 646 g/mol. The van der Waals surface area contributed by atoms with Crippen molar-refractivity contribution in [2.45, 2.75) is 79.7 Å². The van der Waals surface area contributed by atoms with Gasteiger partial charge >= 0.3 is 7.12 Å². The minimum atomic E-state index is -0.710. The van der Waals surface area contributed by atoms with Crippen LogP contribution >= 0.6 is 15.9 Å². The predicted octanol–water partition coefficient (Wildman–Crippen LogP) is 5.07. The van der Waals surface area contributed by atoms with Crippen LogP contribution in [0.2, 0.25) is 0 Å². The third kappa shape index (κ3) is 7.34. The van der Waals surface area contributed by atoms with Gasteiger partial charge in [0.2, 0.25) is 0 Å². The zero-order chi connectivity index (χ0) is 31.4. The van der Waals surface area contributed by atoms with Gasteiger partial charge in [-0.1, -0.05) is 0 Å². The second-order valence-electron chi connectivity index (χ2n) is 10.7. The molecule has 4 aromatic rings. The molecule has 0 atom stereocenters. The highest BCUT2D eigenvalue weighted by Crippen LogP contribution is 2.37. The molecule has 0 unspecified atom stereocenters. The van der Waals surface area contributed by atoms with E-state index in [9.17, 15) is 8.78 Å². The highest BCUT2D eigenvalue weighted by Gasteiger charge is 2.52. The van der Waals surface area contributed by atoms with Crippen molar-refractivity contribution >= 4 is 39.9 Å². The smallest absolute Gasteiger partial charge is 0.399 e. The fraction of sp³-hybridized carbons (Fsp3) is 0.429. The molecule has 10 nitrogen and oxygen atoms in total. The summed E-state index contributed by atoms with van der Waals surface area (Å²) >= 11 is 3.18. The van der Waals surface area contributed by atoms with Crippen LogP contribution in [-0.4, -0.2) is 48.3 Å².